The molecule has 0 heterocycles. The molecular weight excluding hydrogens is 446 g/mol. The van der Waals surface area contributed by atoms with Crippen LogP contribution in [-0.4, -0.2) is 20.8 Å². The highest BCUT2D eigenvalue weighted by Crippen LogP contribution is 2.34. The second-order valence-corrected chi connectivity index (χ2v) is 9.17. The SMILES string of the molecule is O=C(NC(N(Cc1ccccc1)Cc1ccccc1)C(Cl)(Cl)Cl)c1ccc(F)cc1. The summed E-state index contributed by atoms with van der Waals surface area (Å²) in [4.78, 5) is 14.7. The number of carbonyl (C=O) groups is 1. The van der Waals surface area contributed by atoms with Gasteiger partial charge in [-0.1, -0.05) is 95.5 Å². The Morgan fingerprint density at radius 2 is 1.30 bits per heavy atom. The molecule has 3 nitrogen and oxygen atoms in total. The van der Waals surface area contributed by atoms with Crippen molar-refractivity contribution in [1.29, 1.82) is 0 Å². The fourth-order valence-corrected chi connectivity index (χ4v) is 3.64. The van der Waals surface area contributed by atoms with Gasteiger partial charge in [0.15, 0.2) is 0 Å². The molecule has 7 heteroatoms. The number of alkyl halides is 3. The lowest BCUT2D eigenvalue weighted by molar-refractivity contribution is 0.0826. The molecule has 3 rings (SSSR count). The average Bonchev–Trinajstić information content (AvgIpc) is 2.72. The van der Waals surface area contributed by atoms with Crippen LogP contribution in [-0.2, 0) is 13.1 Å². The van der Waals surface area contributed by atoms with E-state index in [-0.39, 0.29) is 5.56 Å². The van der Waals surface area contributed by atoms with Crippen molar-refractivity contribution in [3.8, 4) is 0 Å². The zero-order valence-corrected chi connectivity index (χ0v) is 18.2. The van der Waals surface area contributed by atoms with Crippen LogP contribution in [0.15, 0.2) is 84.9 Å². The highest BCUT2D eigenvalue weighted by molar-refractivity contribution is 6.68. The highest BCUT2D eigenvalue weighted by Gasteiger charge is 2.38. The third-order valence-electron chi connectivity index (χ3n) is 4.51. The van der Waals surface area contributed by atoms with Crippen molar-refractivity contribution in [3.63, 3.8) is 0 Å². The van der Waals surface area contributed by atoms with Gasteiger partial charge in [-0.3, -0.25) is 9.69 Å². The molecule has 1 unspecified atom stereocenters. The molecule has 0 bridgehead atoms. The van der Waals surface area contributed by atoms with E-state index in [0.29, 0.717) is 13.1 Å². The third-order valence-corrected chi connectivity index (χ3v) is 5.13. The Kier molecular flexibility index (Phi) is 7.73. The van der Waals surface area contributed by atoms with Gasteiger partial charge in [0.1, 0.15) is 12.0 Å². The third kappa shape index (κ3) is 6.44. The molecule has 0 saturated carbocycles. The molecule has 0 radical (unpaired) electrons. The van der Waals surface area contributed by atoms with Crippen LogP contribution < -0.4 is 5.32 Å². The molecule has 0 aliphatic rings. The first-order valence-electron chi connectivity index (χ1n) is 9.28. The van der Waals surface area contributed by atoms with Crippen molar-refractivity contribution in [2.45, 2.75) is 23.0 Å². The first-order chi connectivity index (χ1) is 14.3. The summed E-state index contributed by atoms with van der Waals surface area (Å²) in [5.74, 6) is -0.892. The lowest BCUT2D eigenvalue weighted by atomic mass is 10.1. The zero-order valence-electron chi connectivity index (χ0n) is 15.9. The fourth-order valence-electron chi connectivity index (χ4n) is 3.06. The van der Waals surface area contributed by atoms with E-state index in [9.17, 15) is 9.18 Å². The largest absolute Gasteiger partial charge is 0.332 e. The molecular formula is C23H20Cl3FN2O. The van der Waals surface area contributed by atoms with E-state index in [2.05, 4.69) is 5.32 Å². The maximum Gasteiger partial charge on any atom is 0.252 e. The van der Waals surface area contributed by atoms with Gasteiger partial charge in [-0.25, -0.2) is 4.39 Å². The number of halogens is 4. The van der Waals surface area contributed by atoms with E-state index < -0.39 is 21.7 Å². The van der Waals surface area contributed by atoms with Crippen LogP contribution in [0.25, 0.3) is 0 Å². The molecule has 0 aliphatic heterocycles. The normalized spacial score (nSPS) is 12.6. The van der Waals surface area contributed by atoms with Crippen molar-refractivity contribution >= 4 is 40.7 Å². The minimum atomic E-state index is -1.81. The number of carbonyl (C=O) groups excluding carboxylic acids is 1. The summed E-state index contributed by atoms with van der Waals surface area (Å²) < 4.78 is 11.4. The predicted molar refractivity (Wildman–Crippen MR) is 120 cm³/mol. The second kappa shape index (κ2) is 10.3. The van der Waals surface area contributed by atoms with Gasteiger partial charge >= 0.3 is 0 Å². The van der Waals surface area contributed by atoms with Crippen LogP contribution in [0, 0.1) is 5.82 Å². The quantitative estimate of drug-likeness (QED) is 0.345. The molecule has 0 aromatic heterocycles. The summed E-state index contributed by atoms with van der Waals surface area (Å²) in [5, 5.41) is 2.80. The van der Waals surface area contributed by atoms with E-state index in [0.717, 1.165) is 11.1 Å². The maximum atomic E-state index is 13.2. The molecule has 0 spiro atoms. The van der Waals surface area contributed by atoms with Crippen LogP contribution in [0.2, 0.25) is 0 Å². The van der Waals surface area contributed by atoms with Gasteiger partial charge in [-0.05, 0) is 35.4 Å². The number of hydrogen-bond acceptors (Lipinski definition) is 2. The first kappa shape index (κ1) is 22.6. The van der Waals surface area contributed by atoms with Gasteiger partial charge in [0, 0.05) is 18.7 Å². The van der Waals surface area contributed by atoms with Crippen molar-refractivity contribution in [2.75, 3.05) is 0 Å². The number of amides is 1. The van der Waals surface area contributed by atoms with E-state index >= 15 is 0 Å². The van der Waals surface area contributed by atoms with Crippen LogP contribution >= 0.6 is 34.8 Å². The highest BCUT2D eigenvalue weighted by atomic mass is 35.6. The Morgan fingerprint density at radius 1 is 0.833 bits per heavy atom. The summed E-state index contributed by atoms with van der Waals surface area (Å²) in [6.07, 6.45) is -0.930. The molecule has 156 valence electrons. The molecule has 0 fully saturated rings. The Balaban J connectivity index is 1.89. The summed E-state index contributed by atoms with van der Waals surface area (Å²) >= 11 is 18.9. The summed E-state index contributed by atoms with van der Waals surface area (Å²) in [6, 6.07) is 24.6. The lowest BCUT2D eigenvalue weighted by Crippen LogP contribution is -2.54. The van der Waals surface area contributed by atoms with E-state index in [1.54, 1.807) is 0 Å². The number of rotatable bonds is 7. The summed E-state index contributed by atoms with van der Waals surface area (Å²) in [5.41, 5.74) is 2.28. The Morgan fingerprint density at radius 3 is 1.73 bits per heavy atom. The number of nitrogens with zero attached hydrogens (tertiary/aromatic N) is 1. The van der Waals surface area contributed by atoms with Gasteiger partial charge in [-0.2, -0.15) is 0 Å². The number of nitrogens with one attached hydrogen (secondary N) is 1. The van der Waals surface area contributed by atoms with E-state index in [1.807, 2.05) is 65.6 Å². The van der Waals surface area contributed by atoms with E-state index in [4.69, 9.17) is 34.8 Å². The molecule has 1 amide bonds. The standard InChI is InChI=1S/C23H20Cl3FN2O/c24-23(25,26)22(28-21(30)19-11-13-20(27)14-12-19)29(15-17-7-3-1-4-8-17)16-18-9-5-2-6-10-18/h1-14,22H,15-16H2,(H,28,30). The lowest BCUT2D eigenvalue weighted by Gasteiger charge is -2.36. The average molecular weight is 466 g/mol. The maximum absolute atomic E-state index is 13.2. The van der Waals surface area contributed by atoms with Crippen molar-refractivity contribution in [2.24, 2.45) is 0 Å². The monoisotopic (exact) mass is 464 g/mol. The molecule has 0 saturated heterocycles. The predicted octanol–water partition coefficient (Wildman–Crippen LogP) is 5.95. The van der Waals surface area contributed by atoms with Crippen LogP contribution in [0.5, 0.6) is 0 Å². The van der Waals surface area contributed by atoms with Gasteiger partial charge < -0.3 is 5.32 Å². The molecule has 1 atom stereocenters. The van der Waals surface area contributed by atoms with Gasteiger partial charge in [0.25, 0.3) is 5.91 Å². The minimum Gasteiger partial charge on any atom is -0.332 e. The van der Waals surface area contributed by atoms with E-state index in [1.165, 1.54) is 24.3 Å². The minimum absolute atomic E-state index is 0.273. The molecule has 0 aliphatic carbocycles. The van der Waals surface area contributed by atoms with Crippen molar-refractivity contribution in [1.82, 2.24) is 10.2 Å². The summed E-state index contributed by atoms with van der Waals surface area (Å²) in [6.45, 7) is 0.885. The smallest absolute Gasteiger partial charge is 0.252 e. The van der Waals surface area contributed by atoms with Crippen molar-refractivity contribution < 1.29 is 9.18 Å². The zero-order chi connectivity index (χ0) is 21.6. The second-order valence-electron chi connectivity index (χ2n) is 6.80. The van der Waals surface area contributed by atoms with Crippen molar-refractivity contribution in [3.05, 3.63) is 107 Å². The van der Waals surface area contributed by atoms with Gasteiger partial charge in [0.05, 0.1) is 0 Å². The van der Waals surface area contributed by atoms with Gasteiger partial charge in [-0.15, -0.1) is 0 Å². The Hall–Kier alpha value is -2.11. The molecule has 3 aromatic carbocycles. The van der Waals surface area contributed by atoms with Gasteiger partial charge in [0.2, 0.25) is 3.79 Å². The fraction of sp³-hybridized carbons (Fsp3) is 0.174. The number of benzene rings is 3. The van der Waals surface area contributed by atoms with Crippen LogP contribution in [0.4, 0.5) is 4.39 Å². The van der Waals surface area contributed by atoms with Crippen LogP contribution in [0.3, 0.4) is 0 Å². The number of hydrogen-bond donors (Lipinski definition) is 1. The molecule has 1 N–H and O–H groups in total. The Bertz CT molecular complexity index is 906. The Labute approximate surface area is 190 Å². The first-order valence-corrected chi connectivity index (χ1v) is 10.4. The summed E-state index contributed by atoms with van der Waals surface area (Å²) in [7, 11) is 0. The van der Waals surface area contributed by atoms with Crippen LogP contribution in [0.1, 0.15) is 21.5 Å². The molecule has 30 heavy (non-hydrogen) atoms. The topological polar surface area (TPSA) is 32.3 Å². The molecule has 3 aromatic rings.